The molecule has 0 heterocycles. The first-order valence-electron chi connectivity index (χ1n) is 6.69. The lowest BCUT2D eigenvalue weighted by molar-refractivity contribution is 0.472. The minimum absolute atomic E-state index is 0.0666. The van der Waals surface area contributed by atoms with E-state index in [1.807, 2.05) is 0 Å². The van der Waals surface area contributed by atoms with Crippen LogP contribution in [0.5, 0.6) is 0 Å². The van der Waals surface area contributed by atoms with E-state index >= 15 is 0 Å². The maximum absolute atomic E-state index is 14.0. The Kier molecular flexibility index (Phi) is 6.10. The van der Waals surface area contributed by atoms with Gasteiger partial charge < -0.3 is 0 Å². The average molecular weight is 355 g/mol. The summed E-state index contributed by atoms with van der Waals surface area (Å²) in [7, 11) is -3.31. The molecule has 2 nitrogen and oxygen atoms in total. The molecule has 0 aliphatic heterocycles. The molecule has 1 rings (SSSR count). The normalized spacial score (nSPS) is 13.4. The SMILES string of the molecule is CC(C)(C)S(=O)(=O)CCC(CCl)(CCl)c1ccccc1F. The molecule has 120 valence electrons. The molecule has 0 saturated heterocycles. The van der Waals surface area contributed by atoms with Crippen LogP contribution in [0.4, 0.5) is 4.39 Å². The average Bonchev–Trinajstić information content (AvgIpc) is 2.41. The van der Waals surface area contributed by atoms with E-state index in [1.54, 1.807) is 39.0 Å². The molecule has 0 saturated carbocycles. The molecule has 0 aliphatic carbocycles. The predicted molar refractivity (Wildman–Crippen MR) is 87.7 cm³/mol. The zero-order chi connectivity index (χ0) is 16.3. The molecule has 0 aliphatic rings. The number of hydrogen-bond acceptors (Lipinski definition) is 2. The third-order valence-electron chi connectivity index (χ3n) is 3.74. The Morgan fingerprint density at radius 3 is 2.05 bits per heavy atom. The van der Waals surface area contributed by atoms with Crippen molar-refractivity contribution in [2.75, 3.05) is 17.5 Å². The first-order valence-corrected chi connectivity index (χ1v) is 9.41. The fourth-order valence-corrected chi connectivity index (χ4v) is 4.09. The van der Waals surface area contributed by atoms with Crippen molar-refractivity contribution in [1.82, 2.24) is 0 Å². The molecule has 21 heavy (non-hydrogen) atoms. The van der Waals surface area contributed by atoms with Crippen molar-refractivity contribution in [2.45, 2.75) is 37.4 Å². The monoisotopic (exact) mass is 354 g/mol. The predicted octanol–water partition coefficient (Wildman–Crippen LogP) is 4.14. The minimum atomic E-state index is -3.31. The van der Waals surface area contributed by atoms with E-state index in [2.05, 4.69) is 0 Å². The lowest BCUT2D eigenvalue weighted by Gasteiger charge is -2.31. The van der Waals surface area contributed by atoms with Gasteiger partial charge in [0.1, 0.15) is 5.82 Å². The molecule has 0 amide bonds. The van der Waals surface area contributed by atoms with Gasteiger partial charge in [-0.15, -0.1) is 23.2 Å². The van der Waals surface area contributed by atoms with E-state index in [9.17, 15) is 12.8 Å². The summed E-state index contributed by atoms with van der Waals surface area (Å²) < 4.78 is 37.7. The summed E-state index contributed by atoms with van der Waals surface area (Å²) in [5, 5.41) is 0. The van der Waals surface area contributed by atoms with Gasteiger partial charge in [-0.2, -0.15) is 0 Å². The molecule has 1 aromatic rings. The quantitative estimate of drug-likeness (QED) is 0.719. The third-order valence-corrected chi connectivity index (χ3v) is 7.37. The van der Waals surface area contributed by atoms with Crippen LogP contribution in [0.3, 0.4) is 0 Å². The zero-order valence-electron chi connectivity index (χ0n) is 12.5. The van der Waals surface area contributed by atoms with Gasteiger partial charge in [0.15, 0.2) is 9.84 Å². The van der Waals surface area contributed by atoms with Crippen LogP contribution in [-0.2, 0) is 15.3 Å². The summed E-state index contributed by atoms with van der Waals surface area (Å²) in [6.07, 6.45) is 0.195. The molecule has 0 N–H and O–H groups in total. The van der Waals surface area contributed by atoms with Gasteiger partial charge in [-0.05, 0) is 38.8 Å². The molecule has 0 fully saturated rings. The summed E-state index contributed by atoms with van der Waals surface area (Å²) in [6, 6.07) is 6.23. The number of alkyl halides is 2. The first-order chi connectivity index (χ1) is 9.59. The largest absolute Gasteiger partial charge is 0.228 e. The number of sulfone groups is 1. The van der Waals surface area contributed by atoms with Gasteiger partial charge in [-0.3, -0.25) is 0 Å². The summed E-state index contributed by atoms with van der Waals surface area (Å²) in [5.41, 5.74) is -0.508. The lowest BCUT2D eigenvalue weighted by Crippen LogP contribution is -2.38. The summed E-state index contributed by atoms with van der Waals surface area (Å²) in [5.74, 6) is -0.356. The van der Waals surface area contributed by atoms with Crippen LogP contribution < -0.4 is 0 Å². The highest BCUT2D eigenvalue weighted by Gasteiger charge is 2.37. The van der Waals surface area contributed by atoms with Crippen molar-refractivity contribution in [3.05, 3.63) is 35.6 Å². The number of benzene rings is 1. The third kappa shape index (κ3) is 4.11. The second kappa shape index (κ2) is 6.84. The summed E-state index contributed by atoms with van der Waals surface area (Å²) in [6.45, 7) is 4.94. The van der Waals surface area contributed by atoms with Crippen molar-refractivity contribution in [1.29, 1.82) is 0 Å². The van der Waals surface area contributed by atoms with Gasteiger partial charge in [-0.1, -0.05) is 18.2 Å². The highest BCUT2D eigenvalue weighted by Crippen LogP contribution is 2.34. The van der Waals surface area contributed by atoms with Gasteiger partial charge >= 0.3 is 0 Å². The molecule has 0 atom stereocenters. The maximum Gasteiger partial charge on any atom is 0.155 e. The van der Waals surface area contributed by atoms with Crippen molar-refractivity contribution in [2.24, 2.45) is 0 Å². The van der Waals surface area contributed by atoms with Crippen LogP contribution in [0.15, 0.2) is 24.3 Å². The van der Waals surface area contributed by atoms with Crippen LogP contribution in [0.25, 0.3) is 0 Å². The molecular weight excluding hydrogens is 334 g/mol. The Hall–Kier alpha value is -0.320. The van der Waals surface area contributed by atoms with E-state index in [0.717, 1.165) is 0 Å². The van der Waals surface area contributed by atoms with Gasteiger partial charge in [0.05, 0.1) is 10.5 Å². The van der Waals surface area contributed by atoms with E-state index in [-0.39, 0.29) is 23.9 Å². The molecule has 0 aromatic heterocycles. The number of halogens is 3. The van der Waals surface area contributed by atoms with Crippen molar-refractivity contribution in [3.63, 3.8) is 0 Å². The summed E-state index contributed by atoms with van der Waals surface area (Å²) in [4.78, 5) is 0. The van der Waals surface area contributed by atoms with Crippen LogP contribution in [0, 0.1) is 5.82 Å². The van der Waals surface area contributed by atoms with Gasteiger partial charge in [0, 0.05) is 17.2 Å². The van der Waals surface area contributed by atoms with Crippen molar-refractivity contribution >= 4 is 33.0 Å². The standard InChI is InChI=1S/C15H21Cl2FO2S/c1-14(2,3)21(19,20)9-8-15(10-16,11-17)12-6-4-5-7-13(12)18/h4-7H,8-11H2,1-3H3. The Morgan fingerprint density at radius 2 is 1.62 bits per heavy atom. The van der Waals surface area contributed by atoms with E-state index in [0.29, 0.717) is 5.56 Å². The van der Waals surface area contributed by atoms with Crippen LogP contribution in [0.1, 0.15) is 32.8 Å². The molecule has 0 unspecified atom stereocenters. The molecule has 1 aromatic carbocycles. The number of rotatable bonds is 6. The van der Waals surface area contributed by atoms with E-state index in [4.69, 9.17) is 23.2 Å². The fourth-order valence-electron chi connectivity index (χ4n) is 1.98. The van der Waals surface area contributed by atoms with Crippen LogP contribution in [-0.4, -0.2) is 30.7 Å². The summed E-state index contributed by atoms with van der Waals surface area (Å²) >= 11 is 12.1. The maximum atomic E-state index is 14.0. The van der Waals surface area contributed by atoms with Crippen LogP contribution >= 0.6 is 23.2 Å². The van der Waals surface area contributed by atoms with Gasteiger partial charge in [0.25, 0.3) is 0 Å². The molecule has 0 radical (unpaired) electrons. The molecule has 0 bridgehead atoms. The first kappa shape index (κ1) is 18.7. The Bertz CT molecular complexity index is 576. The van der Waals surface area contributed by atoms with Crippen molar-refractivity contribution < 1.29 is 12.8 Å². The zero-order valence-corrected chi connectivity index (χ0v) is 14.8. The Balaban J connectivity index is 3.12. The Morgan fingerprint density at radius 1 is 1.10 bits per heavy atom. The van der Waals surface area contributed by atoms with Crippen LogP contribution in [0.2, 0.25) is 0 Å². The number of hydrogen-bond donors (Lipinski definition) is 0. The highest BCUT2D eigenvalue weighted by atomic mass is 35.5. The van der Waals surface area contributed by atoms with Gasteiger partial charge in [-0.25, -0.2) is 12.8 Å². The second-order valence-corrected chi connectivity index (χ2v) is 9.61. The highest BCUT2D eigenvalue weighted by molar-refractivity contribution is 7.92. The minimum Gasteiger partial charge on any atom is -0.228 e. The fraction of sp³-hybridized carbons (Fsp3) is 0.600. The molecule has 0 spiro atoms. The Labute approximate surface area is 136 Å². The smallest absolute Gasteiger partial charge is 0.155 e. The van der Waals surface area contributed by atoms with Crippen molar-refractivity contribution in [3.8, 4) is 0 Å². The topological polar surface area (TPSA) is 34.1 Å². The second-order valence-electron chi connectivity index (χ2n) is 6.21. The van der Waals surface area contributed by atoms with E-state index < -0.39 is 25.8 Å². The molecule has 6 heteroatoms. The van der Waals surface area contributed by atoms with Gasteiger partial charge in [0.2, 0.25) is 0 Å². The molecular formula is C15H21Cl2FO2S. The van der Waals surface area contributed by atoms with E-state index in [1.165, 1.54) is 6.07 Å². The lowest BCUT2D eigenvalue weighted by atomic mass is 9.81.